The van der Waals surface area contributed by atoms with Gasteiger partial charge in [0.2, 0.25) is 0 Å². The summed E-state index contributed by atoms with van der Waals surface area (Å²) in [5.74, 6) is 4.98. The summed E-state index contributed by atoms with van der Waals surface area (Å²) >= 11 is 3.36. The van der Waals surface area contributed by atoms with Gasteiger partial charge in [-0.25, -0.2) is 5.84 Å². The van der Waals surface area contributed by atoms with Gasteiger partial charge in [0.05, 0.1) is 4.88 Å². The highest BCUT2D eigenvalue weighted by atomic mass is 32.1. The first-order chi connectivity index (χ1) is 9.67. The standard InChI is InChI=1S/C14H17N3OS2/c1-9-11(6-13(20-9)14(18)16-15)8-17-4-2-12-10(7-17)3-5-19-12/h3,5-6H,2,4,7-8,15H2,1H3,(H,16,18). The van der Waals surface area contributed by atoms with Crippen LogP contribution in [0.4, 0.5) is 0 Å². The van der Waals surface area contributed by atoms with Crippen molar-refractivity contribution >= 4 is 28.6 Å². The molecule has 20 heavy (non-hydrogen) atoms. The van der Waals surface area contributed by atoms with Gasteiger partial charge in [0.1, 0.15) is 0 Å². The molecule has 2 aromatic heterocycles. The van der Waals surface area contributed by atoms with Gasteiger partial charge < -0.3 is 0 Å². The first-order valence-electron chi connectivity index (χ1n) is 6.55. The number of hydrazine groups is 1. The summed E-state index contributed by atoms with van der Waals surface area (Å²) in [5, 5.41) is 2.17. The zero-order chi connectivity index (χ0) is 14.1. The highest BCUT2D eigenvalue weighted by Crippen LogP contribution is 2.27. The quantitative estimate of drug-likeness (QED) is 0.519. The maximum Gasteiger partial charge on any atom is 0.275 e. The Kier molecular flexibility index (Phi) is 3.89. The number of nitrogens with two attached hydrogens (primary N) is 1. The summed E-state index contributed by atoms with van der Waals surface area (Å²) in [5.41, 5.74) is 4.88. The maximum absolute atomic E-state index is 11.6. The van der Waals surface area contributed by atoms with Crippen LogP contribution in [0.3, 0.4) is 0 Å². The number of thiophene rings is 2. The van der Waals surface area contributed by atoms with Gasteiger partial charge in [0.25, 0.3) is 5.91 Å². The second-order valence-electron chi connectivity index (χ2n) is 5.00. The largest absolute Gasteiger partial charge is 0.294 e. The fourth-order valence-corrected chi connectivity index (χ4v) is 4.37. The van der Waals surface area contributed by atoms with E-state index in [1.807, 2.05) is 17.4 Å². The zero-order valence-corrected chi connectivity index (χ0v) is 12.9. The molecule has 0 fully saturated rings. The molecule has 3 rings (SSSR count). The number of aryl methyl sites for hydroxylation is 1. The van der Waals surface area contributed by atoms with Crippen LogP contribution in [0.1, 0.15) is 30.6 Å². The molecule has 0 radical (unpaired) electrons. The molecule has 0 aliphatic carbocycles. The Morgan fingerprint density at radius 2 is 2.40 bits per heavy atom. The van der Waals surface area contributed by atoms with E-state index in [4.69, 9.17) is 5.84 Å². The molecule has 3 N–H and O–H groups in total. The maximum atomic E-state index is 11.6. The zero-order valence-electron chi connectivity index (χ0n) is 11.3. The third-order valence-electron chi connectivity index (χ3n) is 3.66. The molecule has 6 heteroatoms. The fraction of sp³-hybridized carbons (Fsp3) is 0.357. The summed E-state index contributed by atoms with van der Waals surface area (Å²) in [6.07, 6.45) is 1.13. The summed E-state index contributed by atoms with van der Waals surface area (Å²) in [4.78, 5) is 17.4. The van der Waals surface area contributed by atoms with Crippen molar-refractivity contribution < 1.29 is 4.79 Å². The molecular weight excluding hydrogens is 290 g/mol. The van der Waals surface area contributed by atoms with E-state index in [0.29, 0.717) is 4.88 Å². The second kappa shape index (κ2) is 5.65. The van der Waals surface area contributed by atoms with Crippen molar-refractivity contribution in [2.75, 3.05) is 6.54 Å². The van der Waals surface area contributed by atoms with Crippen LogP contribution in [0.15, 0.2) is 17.5 Å². The van der Waals surface area contributed by atoms with E-state index in [-0.39, 0.29) is 5.91 Å². The number of hydrogen-bond acceptors (Lipinski definition) is 5. The molecule has 4 nitrogen and oxygen atoms in total. The number of nitrogen functional groups attached to an aromatic ring is 1. The first-order valence-corrected chi connectivity index (χ1v) is 8.25. The highest BCUT2D eigenvalue weighted by molar-refractivity contribution is 7.14. The van der Waals surface area contributed by atoms with Crippen LogP contribution in [0.25, 0.3) is 0 Å². The number of hydrogen-bond donors (Lipinski definition) is 2. The number of rotatable bonds is 3. The van der Waals surface area contributed by atoms with Crippen molar-refractivity contribution in [2.24, 2.45) is 5.84 Å². The van der Waals surface area contributed by atoms with Crippen molar-refractivity contribution in [3.8, 4) is 0 Å². The highest BCUT2D eigenvalue weighted by Gasteiger charge is 2.19. The van der Waals surface area contributed by atoms with E-state index in [2.05, 4.69) is 28.7 Å². The number of carbonyl (C=O) groups excluding carboxylic acids is 1. The second-order valence-corrected chi connectivity index (χ2v) is 7.25. The number of nitrogens with one attached hydrogen (secondary N) is 1. The minimum atomic E-state index is -0.205. The molecule has 0 unspecified atom stereocenters. The van der Waals surface area contributed by atoms with Crippen LogP contribution in [0, 0.1) is 6.92 Å². The van der Waals surface area contributed by atoms with Crippen LogP contribution >= 0.6 is 22.7 Å². The lowest BCUT2D eigenvalue weighted by Crippen LogP contribution is -2.29. The average molecular weight is 307 g/mol. The molecule has 1 aliphatic rings. The first kappa shape index (κ1) is 13.8. The van der Waals surface area contributed by atoms with Gasteiger partial charge in [-0.2, -0.15) is 0 Å². The van der Waals surface area contributed by atoms with Crippen molar-refractivity contribution in [1.82, 2.24) is 10.3 Å². The number of carbonyl (C=O) groups is 1. The van der Waals surface area contributed by atoms with Crippen LogP contribution < -0.4 is 11.3 Å². The Balaban J connectivity index is 1.73. The monoisotopic (exact) mass is 307 g/mol. The van der Waals surface area contributed by atoms with Crippen LogP contribution in [-0.4, -0.2) is 17.4 Å². The Morgan fingerprint density at radius 1 is 1.55 bits per heavy atom. The lowest BCUT2D eigenvalue weighted by atomic mass is 10.1. The molecule has 0 atom stereocenters. The molecule has 0 bridgehead atoms. The molecular formula is C14H17N3OS2. The fourth-order valence-electron chi connectivity index (χ4n) is 2.54. The smallest absolute Gasteiger partial charge is 0.275 e. The molecule has 1 aliphatic heterocycles. The Morgan fingerprint density at radius 3 is 3.20 bits per heavy atom. The van der Waals surface area contributed by atoms with E-state index in [0.717, 1.165) is 26.1 Å². The Bertz CT molecular complexity index is 632. The van der Waals surface area contributed by atoms with Gasteiger partial charge in [-0.05, 0) is 42.0 Å². The van der Waals surface area contributed by atoms with Gasteiger partial charge in [0, 0.05) is 29.4 Å². The van der Waals surface area contributed by atoms with Crippen molar-refractivity contribution in [1.29, 1.82) is 0 Å². The summed E-state index contributed by atoms with van der Waals surface area (Å²) in [6.45, 7) is 5.05. The molecule has 0 aromatic carbocycles. The molecule has 2 aromatic rings. The van der Waals surface area contributed by atoms with Crippen LogP contribution in [-0.2, 0) is 19.5 Å². The normalized spacial score (nSPS) is 15.1. The third-order valence-corrected chi connectivity index (χ3v) is 5.77. The Labute approximate surface area is 126 Å². The average Bonchev–Trinajstić information content (AvgIpc) is 3.05. The lowest BCUT2D eigenvalue weighted by molar-refractivity contribution is 0.0957. The predicted molar refractivity (Wildman–Crippen MR) is 82.8 cm³/mol. The van der Waals surface area contributed by atoms with Gasteiger partial charge in [-0.3, -0.25) is 15.1 Å². The van der Waals surface area contributed by atoms with Gasteiger partial charge in [-0.15, -0.1) is 22.7 Å². The summed E-state index contributed by atoms with van der Waals surface area (Å²) in [6, 6.07) is 4.19. The third kappa shape index (κ3) is 2.64. The van der Waals surface area contributed by atoms with Crippen molar-refractivity contribution in [3.63, 3.8) is 0 Å². The molecule has 1 amide bonds. The lowest BCUT2D eigenvalue weighted by Gasteiger charge is -2.26. The topological polar surface area (TPSA) is 58.4 Å². The van der Waals surface area contributed by atoms with E-state index in [9.17, 15) is 4.79 Å². The van der Waals surface area contributed by atoms with Crippen molar-refractivity contribution in [2.45, 2.75) is 26.4 Å². The molecule has 0 saturated heterocycles. The van der Waals surface area contributed by atoms with E-state index < -0.39 is 0 Å². The van der Waals surface area contributed by atoms with Gasteiger partial charge >= 0.3 is 0 Å². The SMILES string of the molecule is Cc1sc(C(=O)NN)cc1CN1CCc2sccc2C1. The molecule has 0 spiro atoms. The van der Waals surface area contributed by atoms with Gasteiger partial charge in [-0.1, -0.05) is 0 Å². The summed E-state index contributed by atoms with van der Waals surface area (Å²) < 4.78 is 0. The van der Waals surface area contributed by atoms with Crippen molar-refractivity contribution in [3.05, 3.63) is 43.3 Å². The Hall–Kier alpha value is -1.21. The van der Waals surface area contributed by atoms with Crippen LogP contribution in [0.2, 0.25) is 0 Å². The van der Waals surface area contributed by atoms with E-state index in [1.54, 1.807) is 0 Å². The molecule has 3 heterocycles. The minimum absolute atomic E-state index is 0.205. The minimum Gasteiger partial charge on any atom is -0.294 e. The number of fused-ring (bicyclic) bond motifs is 1. The molecule has 0 saturated carbocycles. The van der Waals surface area contributed by atoms with E-state index in [1.165, 1.54) is 32.2 Å². The number of amides is 1. The molecule has 106 valence electrons. The predicted octanol–water partition coefficient (Wildman–Crippen LogP) is 2.28. The number of nitrogens with zero attached hydrogens (tertiary/aromatic N) is 1. The van der Waals surface area contributed by atoms with Crippen LogP contribution in [0.5, 0.6) is 0 Å². The summed E-state index contributed by atoms with van der Waals surface area (Å²) in [7, 11) is 0. The van der Waals surface area contributed by atoms with Gasteiger partial charge in [0.15, 0.2) is 0 Å². The van der Waals surface area contributed by atoms with E-state index >= 15 is 0 Å².